The molecule has 0 saturated carbocycles. The third-order valence-corrected chi connectivity index (χ3v) is 4.99. The van der Waals surface area contributed by atoms with Gasteiger partial charge >= 0.3 is 0 Å². The molecule has 3 aromatic rings. The first-order valence-corrected chi connectivity index (χ1v) is 9.78. The van der Waals surface area contributed by atoms with Crippen LogP contribution in [0.1, 0.15) is 37.0 Å². The summed E-state index contributed by atoms with van der Waals surface area (Å²) in [6.45, 7) is 4.15. The molecule has 0 unspecified atom stereocenters. The number of carbonyl (C=O) groups excluding carboxylic acids is 1. The molecule has 0 saturated heterocycles. The van der Waals surface area contributed by atoms with E-state index in [0.717, 1.165) is 16.7 Å². The topological polar surface area (TPSA) is 55.1 Å². The van der Waals surface area contributed by atoms with Crippen LogP contribution in [-0.2, 0) is 10.3 Å². The van der Waals surface area contributed by atoms with E-state index in [1.54, 1.807) is 0 Å². The van der Waals surface area contributed by atoms with E-state index in [1.807, 2.05) is 91.0 Å². The van der Waals surface area contributed by atoms with Crippen LogP contribution in [0.2, 0.25) is 0 Å². The Balaban J connectivity index is 2.18. The monoisotopic (exact) mass is 372 g/mol. The molecule has 0 spiro atoms. The number of amides is 1. The molecule has 3 nitrogen and oxygen atoms in total. The first-order valence-electron chi connectivity index (χ1n) is 9.78. The maximum Gasteiger partial charge on any atom is 0.238 e. The molecule has 0 aliphatic rings. The second-order valence-corrected chi connectivity index (χ2v) is 7.57. The van der Waals surface area contributed by atoms with E-state index in [-0.39, 0.29) is 5.91 Å². The van der Waals surface area contributed by atoms with Gasteiger partial charge in [-0.1, -0.05) is 105 Å². The van der Waals surface area contributed by atoms with Crippen LogP contribution in [0.4, 0.5) is 0 Å². The first kappa shape index (κ1) is 19.8. The summed E-state index contributed by atoms with van der Waals surface area (Å²) in [5.74, 6) is 0.200. The van der Waals surface area contributed by atoms with Gasteiger partial charge in [-0.25, -0.2) is 0 Å². The molecule has 3 heteroatoms. The van der Waals surface area contributed by atoms with Crippen LogP contribution in [0, 0.1) is 5.92 Å². The summed E-state index contributed by atoms with van der Waals surface area (Å²) in [7, 11) is 0. The Morgan fingerprint density at radius 3 is 1.46 bits per heavy atom. The Labute approximate surface area is 167 Å². The molecule has 0 radical (unpaired) electrons. The standard InChI is InChI=1S/C25H28N2O/c1-19(2)18-23(26)24(28)27-25(20-12-6-3-7-13-20,21-14-8-4-9-15-21)22-16-10-5-11-17-22/h3-17,19,23H,18,26H2,1-2H3,(H,27,28)/t23-/m0/s1. The fourth-order valence-corrected chi connectivity index (χ4v) is 3.67. The van der Waals surface area contributed by atoms with Gasteiger partial charge in [0.2, 0.25) is 5.91 Å². The van der Waals surface area contributed by atoms with E-state index in [0.29, 0.717) is 12.3 Å². The zero-order valence-corrected chi connectivity index (χ0v) is 16.5. The van der Waals surface area contributed by atoms with Gasteiger partial charge in [-0.3, -0.25) is 4.79 Å². The van der Waals surface area contributed by atoms with Crippen molar-refractivity contribution in [1.82, 2.24) is 5.32 Å². The maximum absolute atomic E-state index is 13.2. The molecule has 28 heavy (non-hydrogen) atoms. The van der Waals surface area contributed by atoms with Gasteiger partial charge in [0.25, 0.3) is 0 Å². The average molecular weight is 373 g/mol. The molecule has 1 atom stereocenters. The van der Waals surface area contributed by atoms with Crippen molar-refractivity contribution in [1.29, 1.82) is 0 Å². The molecule has 144 valence electrons. The summed E-state index contributed by atoms with van der Waals surface area (Å²) in [4.78, 5) is 13.2. The molecule has 3 rings (SSSR count). The molecule has 0 fully saturated rings. The molecule has 3 aromatic carbocycles. The number of benzene rings is 3. The zero-order valence-electron chi connectivity index (χ0n) is 16.5. The highest BCUT2D eigenvalue weighted by molar-refractivity contribution is 5.84. The van der Waals surface area contributed by atoms with Gasteiger partial charge in [0.05, 0.1) is 6.04 Å². The van der Waals surface area contributed by atoms with Crippen molar-refractivity contribution in [3.05, 3.63) is 108 Å². The van der Waals surface area contributed by atoms with Gasteiger partial charge in [-0.15, -0.1) is 0 Å². The molecule has 0 bridgehead atoms. The lowest BCUT2D eigenvalue weighted by Crippen LogP contribution is -2.53. The van der Waals surface area contributed by atoms with Crippen LogP contribution >= 0.6 is 0 Å². The summed E-state index contributed by atoms with van der Waals surface area (Å²) >= 11 is 0. The average Bonchev–Trinajstić information content (AvgIpc) is 2.73. The first-order chi connectivity index (χ1) is 13.5. The Bertz CT molecular complexity index is 780. The number of nitrogens with two attached hydrogens (primary N) is 1. The largest absolute Gasteiger partial charge is 0.337 e. The molecular formula is C25H28N2O. The van der Waals surface area contributed by atoms with Crippen molar-refractivity contribution in [2.24, 2.45) is 11.7 Å². The number of carbonyl (C=O) groups is 1. The van der Waals surface area contributed by atoms with E-state index in [9.17, 15) is 4.79 Å². The van der Waals surface area contributed by atoms with Crippen LogP contribution in [0.3, 0.4) is 0 Å². The minimum absolute atomic E-state index is 0.148. The minimum Gasteiger partial charge on any atom is -0.337 e. The van der Waals surface area contributed by atoms with Crippen molar-refractivity contribution in [3.63, 3.8) is 0 Å². The van der Waals surface area contributed by atoms with Crippen molar-refractivity contribution in [2.75, 3.05) is 0 Å². The Morgan fingerprint density at radius 1 is 0.786 bits per heavy atom. The van der Waals surface area contributed by atoms with Crippen LogP contribution < -0.4 is 11.1 Å². The quantitative estimate of drug-likeness (QED) is 0.601. The third-order valence-electron chi connectivity index (χ3n) is 4.99. The normalized spacial score (nSPS) is 12.6. The predicted octanol–water partition coefficient (Wildman–Crippen LogP) is 4.47. The lowest BCUT2D eigenvalue weighted by Gasteiger charge is -2.37. The van der Waals surface area contributed by atoms with Gasteiger partial charge in [0.15, 0.2) is 0 Å². The minimum atomic E-state index is -0.810. The van der Waals surface area contributed by atoms with E-state index in [2.05, 4.69) is 19.2 Å². The highest BCUT2D eigenvalue weighted by Gasteiger charge is 2.38. The maximum atomic E-state index is 13.2. The lowest BCUT2D eigenvalue weighted by atomic mass is 9.76. The van der Waals surface area contributed by atoms with Crippen molar-refractivity contribution in [3.8, 4) is 0 Å². The highest BCUT2D eigenvalue weighted by atomic mass is 16.2. The van der Waals surface area contributed by atoms with Crippen LogP contribution in [-0.4, -0.2) is 11.9 Å². The molecular weight excluding hydrogens is 344 g/mol. The van der Waals surface area contributed by atoms with Gasteiger partial charge < -0.3 is 11.1 Å². The molecule has 0 aliphatic heterocycles. The Morgan fingerprint density at radius 2 is 1.14 bits per heavy atom. The smallest absolute Gasteiger partial charge is 0.238 e. The summed E-state index contributed by atoms with van der Waals surface area (Å²) in [5, 5.41) is 3.32. The Kier molecular flexibility index (Phi) is 6.27. The summed E-state index contributed by atoms with van der Waals surface area (Å²) in [6, 6.07) is 29.7. The fraction of sp³-hybridized carbons (Fsp3) is 0.240. The number of nitrogens with one attached hydrogen (secondary N) is 1. The summed E-state index contributed by atoms with van der Waals surface area (Å²) in [5.41, 5.74) is 8.43. The lowest BCUT2D eigenvalue weighted by molar-refractivity contribution is -0.124. The van der Waals surface area contributed by atoms with Gasteiger partial charge in [-0.2, -0.15) is 0 Å². The molecule has 0 aromatic heterocycles. The molecule has 0 aliphatic carbocycles. The zero-order chi connectivity index (χ0) is 20.0. The second-order valence-electron chi connectivity index (χ2n) is 7.57. The van der Waals surface area contributed by atoms with Gasteiger partial charge in [-0.05, 0) is 29.0 Å². The van der Waals surface area contributed by atoms with E-state index < -0.39 is 11.6 Å². The van der Waals surface area contributed by atoms with Crippen molar-refractivity contribution in [2.45, 2.75) is 31.8 Å². The van der Waals surface area contributed by atoms with E-state index >= 15 is 0 Å². The summed E-state index contributed by atoms with van der Waals surface area (Å²) in [6.07, 6.45) is 0.639. The fourth-order valence-electron chi connectivity index (χ4n) is 3.67. The van der Waals surface area contributed by atoms with Crippen molar-refractivity contribution >= 4 is 5.91 Å². The van der Waals surface area contributed by atoms with Crippen molar-refractivity contribution < 1.29 is 4.79 Å². The number of hydrogen-bond acceptors (Lipinski definition) is 2. The summed E-state index contributed by atoms with van der Waals surface area (Å²) < 4.78 is 0. The van der Waals surface area contributed by atoms with Crippen LogP contribution in [0.15, 0.2) is 91.0 Å². The molecule has 0 heterocycles. The van der Waals surface area contributed by atoms with E-state index in [4.69, 9.17) is 5.73 Å². The molecule has 1 amide bonds. The third kappa shape index (κ3) is 4.15. The number of rotatable bonds is 7. The second kappa shape index (κ2) is 8.85. The van der Waals surface area contributed by atoms with Gasteiger partial charge in [0.1, 0.15) is 5.54 Å². The number of hydrogen-bond donors (Lipinski definition) is 2. The predicted molar refractivity (Wildman–Crippen MR) is 115 cm³/mol. The Hall–Kier alpha value is -2.91. The van der Waals surface area contributed by atoms with Crippen LogP contribution in [0.25, 0.3) is 0 Å². The molecule has 3 N–H and O–H groups in total. The van der Waals surface area contributed by atoms with E-state index in [1.165, 1.54) is 0 Å². The van der Waals surface area contributed by atoms with Crippen LogP contribution in [0.5, 0.6) is 0 Å². The highest BCUT2D eigenvalue weighted by Crippen LogP contribution is 2.36. The SMILES string of the molecule is CC(C)C[C@H](N)C(=O)NC(c1ccccc1)(c1ccccc1)c1ccccc1. The van der Waals surface area contributed by atoms with Gasteiger partial charge in [0, 0.05) is 0 Å².